The van der Waals surface area contributed by atoms with E-state index in [9.17, 15) is 27.4 Å². The summed E-state index contributed by atoms with van der Waals surface area (Å²) in [5.74, 6) is -0.537. The lowest BCUT2D eigenvalue weighted by Gasteiger charge is -2.32. The van der Waals surface area contributed by atoms with Gasteiger partial charge < -0.3 is 28.1 Å². The largest absolute Gasteiger partial charge is 0.374 e. The standard InChI is InChI=1S/C36H57N7O9S3/c1-28-23-32(11-12-34(28)39-40-36-33(24-37)31(4)35(25-38)53-36)41(26-29(2)51-18-16-43(7,8)14-10-22-55(47,48)49)27-30(3)52-20-19-50-17-15-42(5,6)13-9-21-54(44,45)46/h11-12,23,29-30H,9-10,13-22,26-27H2,1-8H3/p+2/b40-39+. The van der Waals surface area contributed by atoms with Crippen molar-refractivity contribution < 1.29 is 49.1 Å². The van der Waals surface area contributed by atoms with Gasteiger partial charge in [0.2, 0.25) is 0 Å². The maximum atomic E-state index is 11.1. The molecule has 2 atom stereocenters. The number of thiophene rings is 1. The highest BCUT2D eigenvalue weighted by molar-refractivity contribution is 7.86. The van der Waals surface area contributed by atoms with Crippen LogP contribution in [0.25, 0.3) is 0 Å². The first-order valence-corrected chi connectivity index (χ1v) is 22.1. The van der Waals surface area contributed by atoms with Crippen molar-refractivity contribution in [1.82, 2.24) is 0 Å². The third kappa shape index (κ3) is 19.1. The molecule has 0 saturated carbocycles. The van der Waals surface area contributed by atoms with Crippen molar-refractivity contribution >= 4 is 47.9 Å². The van der Waals surface area contributed by atoms with Crippen molar-refractivity contribution in [3.05, 3.63) is 39.8 Å². The van der Waals surface area contributed by atoms with Gasteiger partial charge in [-0.3, -0.25) is 9.11 Å². The Morgan fingerprint density at radius 1 is 0.800 bits per heavy atom. The number of likely N-dealkylation sites (N-methyl/N-ethyl adjacent to an activating group) is 2. The van der Waals surface area contributed by atoms with Crippen molar-refractivity contribution in [2.75, 3.05) is 110 Å². The highest BCUT2D eigenvalue weighted by Crippen LogP contribution is 2.36. The summed E-state index contributed by atoms with van der Waals surface area (Å²) in [5.41, 5.74) is 3.34. The smallest absolute Gasteiger partial charge is 0.265 e. The van der Waals surface area contributed by atoms with Gasteiger partial charge in [-0.15, -0.1) is 21.6 Å². The molecule has 1 aromatic carbocycles. The van der Waals surface area contributed by atoms with Crippen molar-refractivity contribution in [3.8, 4) is 12.1 Å². The van der Waals surface area contributed by atoms with Crippen LogP contribution in [-0.2, 0) is 34.4 Å². The third-order valence-electron chi connectivity index (χ3n) is 8.99. The molecule has 0 aliphatic rings. The van der Waals surface area contributed by atoms with E-state index in [4.69, 9.17) is 23.3 Å². The number of hydrogen-bond donors (Lipinski definition) is 2. The molecule has 2 unspecified atom stereocenters. The van der Waals surface area contributed by atoms with E-state index in [1.54, 1.807) is 6.92 Å². The normalized spacial score (nSPS) is 13.8. The fraction of sp³-hybridized carbons (Fsp3) is 0.667. The number of ether oxygens (including phenoxy) is 3. The maximum Gasteiger partial charge on any atom is 0.265 e. The van der Waals surface area contributed by atoms with Crippen LogP contribution < -0.4 is 4.90 Å². The Balaban J connectivity index is 2.07. The number of nitrogens with zero attached hydrogens (tertiary/aromatic N) is 7. The predicted molar refractivity (Wildman–Crippen MR) is 213 cm³/mol. The number of rotatable bonds is 26. The van der Waals surface area contributed by atoms with E-state index in [2.05, 4.69) is 27.3 Å². The Hall–Kier alpha value is -3.08. The molecule has 0 bridgehead atoms. The van der Waals surface area contributed by atoms with Crippen LogP contribution in [0.2, 0.25) is 0 Å². The second-order valence-corrected chi connectivity index (χ2v) is 19.2. The minimum absolute atomic E-state index is 0.173. The second kappa shape index (κ2) is 22.0. The van der Waals surface area contributed by atoms with Crippen molar-refractivity contribution in [2.24, 2.45) is 10.2 Å². The second-order valence-electron chi connectivity index (χ2n) is 15.1. The fourth-order valence-electron chi connectivity index (χ4n) is 5.66. The molecule has 55 heavy (non-hydrogen) atoms. The van der Waals surface area contributed by atoms with Gasteiger partial charge >= 0.3 is 0 Å². The Morgan fingerprint density at radius 2 is 1.35 bits per heavy atom. The van der Waals surface area contributed by atoms with Gasteiger partial charge in [-0.1, -0.05) is 0 Å². The molecule has 0 aliphatic carbocycles. The number of benzene rings is 1. The molecule has 19 heteroatoms. The fourth-order valence-corrected chi connectivity index (χ4v) is 7.53. The molecular weight excluding hydrogens is 771 g/mol. The number of azo groups is 1. The van der Waals surface area contributed by atoms with Gasteiger partial charge in [0, 0.05) is 31.6 Å². The molecule has 2 aromatic rings. The molecule has 2 rings (SSSR count). The number of hydrogen-bond acceptors (Lipinski definition) is 13. The minimum atomic E-state index is -4.00. The van der Waals surface area contributed by atoms with Crippen LogP contribution in [0, 0.1) is 36.5 Å². The third-order valence-corrected chi connectivity index (χ3v) is 11.7. The van der Waals surface area contributed by atoms with E-state index in [-0.39, 0.29) is 23.7 Å². The number of nitriles is 2. The Morgan fingerprint density at radius 3 is 1.85 bits per heavy atom. The summed E-state index contributed by atoms with van der Waals surface area (Å²) < 4.78 is 81.6. The molecule has 2 N–H and O–H groups in total. The molecule has 308 valence electrons. The first-order chi connectivity index (χ1) is 25.5. The van der Waals surface area contributed by atoms with Gasteiger partial charge in [0.25, 0.3) is 20.2 Å². The van der Waals surface area contributed by atoms with Crippen molar-refractivity contribution in [3.63, 3.8) is 0 Å². The summed E-state index contributed by atoms with van der Waals surface area (Å²) >= 11 is 1.13. The van der Waals surface area contributed by atoms with Gasteiger partial charge in [0.1, 0.15) is 30.1 Å². The topological polar surface area (TPSA) is 212 Å². The van der Waals surface area contributed by atoms with E-state index in [1.165, 1.54) is 0 Å². The van der Waals surface area contributed by atoms with Crippen molar-refractivity contribution in [1.29, 1.82) is 10.5 Å². The van der Waals surface area contributed by atoms with E-state index in [1.807, 2.05) is 67.2 Å². The summed E-state index contributed by atoms with van der Waals surface area (Å²) in [4.78, 5) is 2.61. The van der Waals surface area contributed by atoms with E-state index >= 15 is 0 Å². The predicted octanol–water partition coefficient (Wildman–Crippen LogP) is 4.87. The number of aryl methyl sites for hydroxylation is 1. The SMILES string of the molecule is Cc1cc(N(CC(C)OCCOCC[N+](C)(C)CCCS(=O)(=O)O)CC(C)OCC[N+](C)(C)CCCS(=O)(=O)O)ccc1/N=N/c1sc(C#N)c(C)c1C#N. The molecule has 0 aliphatic heterocycles. The summed E-state index contributed by atoms with van der Waals surface area (Å²) in [6.45, 7) is 12.9. The molecular formula is C36H59N7O9S3+2. The molecule has 0 spiro atoms. The van der Waals surface area contributed by atoms with Crippen LogP contribution >= 0.6 is 11.3 Å². The zero-order chi connectivity index (χ0) is 41.5. The van der Waals surface area contributed by atoms with E-state index in [0.29, 0.717) is 114 Å². The zero-order valence-corrected chi connectivity index (χ0v) is 35.8. The lowest BCUT2D eigenvalue weighted by Crippen LogP contribution is -2.44. The minimum Gasteiger partial charge on any atom is -0.374 e. The Labute approximate surface area is 331 Å². The van der Waals surface area contributed by atoms with Crippen LogP contribution in [0.4, 0.5) is 16.4 Å². The first kappa shape index (κ1) is 48.1. The van der Waals surface area contributed by atoms with Crippen LogP contribution in [0.5, 0.6) is 0 Å². The summed E-state index contributed by atoms with van der Waals surface area (Å²) in [6.07, 6.45) is 0.352. The average molecular weight is 830 g/mol. The lowest BCUT2D eigenvalue weighted by atomic mass is 10.1. The molecule has 0 radical (unpaired) electrons. The molecule has 0 saturated heterocycles. The summed E-state index contributed by atoms with van der Waals surface area (Å²) in [5, 5.41) is 28.1. The molecule has 0 fully saturated rings. The number of quaternary nitrogens is 2. The molecule has 0 amide bonds. The van der Waals surface area contributed by atoms with Gasteiger partial charge in [-0.2, -0.15) is 27.4 Å². The van der Waals surface area contributed by atoms with E-state index < -0.39 is 20.2 Å². The quantitative estimate of drug-likeness (QED) is 0.0563. The van der Waals surface area contributed by atoms with Crippen LogP contribution in [0.15, 0.2) is 28.4 Å². The van der Waals surface area contributed by atoms with E-state index in [0.717, 1.165) is 22.6 Å². The van der Waals surface area contributed by atoms with Crippen LogP contribution in [-0.4, -0.2) is 153 Å². The van der Waals surface area contributed by atoms with Crippen molar-refractivity contribution in [2.45, 2.75) is 52.7 Å². The van der Waals surface area contributed by atoms with Gasteiger partial charge in [-0.25, -0.2) is 0 Å². The Kier molecular flexibility index (Phi) is 19.2. The van der Waals surface area contributed by atoms with Gasteiger partial charge in [-0.05, 0) is 57.0 Å². The summed E-state index contributed by atoms with van der Waals surface area (Å²) in [7, 11) is -0.0232. The lowest BCUT2D eigenvalue weighted by molar-refractivity contribution is -0.890. The average Bonchev–Trinajstić information content (AvgIpc) is 3.37. The first-order valence-electron chi connectivity index (χ1n) is 18.1. The van der Waals surface area contributed by atoms with Crippen LogP contribution in [0.1, 0.15) is 48.3 Å². The monoisotopic (exact) mass is 829 g/mol. The highest BCUT2D eigenvalue weighted by atomic mass is 32.2. The molecule has 1 heterocycles. The Bertz CT molecular complexity index is 1870. The molecule has 16 nitrogen and oxygen atoms in total. The number of anilines is 1. The highest BCUT2D eigenvalue weighted by Gasteiger charge is 2.21. The zero-order valence-electron chi connectivity index (χ0n) is 33.4. The van der Waals surface area contributed by atoms with Crippen LogP contribution in [0.3, 0.4) is 0 Å². The van der Waals surface area contributed by atoms with Gasteiger partial charge in [0.05, 0.1) is 103 Å². The van der Waals surface area contributed by atoms with Gasteiger partial charge in [0.15, 0.2) is 5.00 Å². The summed E-state index contributed by atoms with van der Waals surface area (Å²) in [6, 6.07) is 10.0. The molecule has 1 aromatic heterocycles. The maximum absolute atomic E-state index is 11.1.